The second-order valence-corrected chi connectivity index (χ2v) is 5.73. The van der Waals surface area contributed by atoms with E-state index in [0.717, 1.165) is 25.7 Å². The van der Waals surface area contributed by atoms with Crippen molar-refractivity contribution in [3.05, 3.63) is 0 Å². The van der Waals surface area contributed by atoms with Crippen molar-refractivity contribution in [2.24, 2.45) is 5.92 Å². The molecule has 5 nitrogen and oxygen atoms in total. The molecule has 148 valence electrons. The van der Waals surface area contributed by atoms with Gasteiger partial charge in [0.15, 0.2) is 0 Å². The zero-order valence-corrected chi connectivity index (χ0v) is 16.9. The van der Waals surface area contributed by atoms with Gasteiger partial charge in [0.25, 0.3) is 0 Å². The number of rotatable bonds is 5. The highest BCUT2D eigenvalue weighted by Crippen LogP contribution is 1.83. The SMILES string of the molecule is CC(C)CO.CC(C)O.CCC(C)O.CCCCO.CCCO. The molecule has 0 aliphatic rings. The molecule has 0 aromatic rings. The van der Waals surface area contributed by atoms with E-state index in [1.54, 1.807) is 20.8 Å². The Balaban J connectivity index is -0.0000000589. The first-order chi connectivity index (χ1) is 10.6. The van der Waals surface area contributed by atoms with Crippen LogP contribution < -0.4 is 0 Å². The van der Waals surface area contributed by atoms with Crippen LogP contribution in [0.15, 0.2) is 0 Å². The Hall–Kier alpha value is -0.200. The predicted molar refractivity (Wildman–Crippen MR) is 101 cm³/mol. The minimum atomic E-state index is -0.167. The quantitative estimate of drug-likeness (QED) is 0.529. The van der Waals surface area contributed by atoms with Crippen molar-refractivity contribution >= 4 is 0 Å². The molecule has 0 aliphatic carbocycles. The first kappa shape index (κ1) is 34.2. The number of hydrogen-bond acceptors (Lipinski definition) is 5. The van der Waals surface area contributed by atoms with Gasteiger partial charge >= 0.3 is 0 Å². The molecule has 0 saturated carbocycles. The Morgan fingerprint density at radius 1 is 0.696 bits per heavy atom. The number of aliphatic hydroxyl groups excluding tert-OH is 5. The van der Waals surface area contributed by atoms with E-state index < -0.39 is 0 Å². The summed E-state index contributed by atoms with van der Waals surface area (Å²) in [6, 6.07) is 0. The van der Waals surface area contributed by atoms with Crippen LogP contribution in [0.5, 0.6) is 0 Å². The lowest BCUT2D eigenvalue weighted by Crippen LogP contribution is -1.93. The van der Waals surface area contributed by atoms with Crippen LogP contribution in [0.25, 0.3) is 0 Å². The van der Waals surface area contributed by atoms with Gasteiger partial charge < -0.3 is 25.5 Å². The molecule has 0 aromatic heterocycles. The number of unbranched alkanes of at least 4 members (excludes halogenated alkanes) is 1. The third kappa shape index (κ3) is 185. The molecule has 0 fully saturated rings. The molecule has 0 spiro atoms. The lowest BCUT2D eigenvalue weighted by Gasteiger charge is -1.90. The summed E-state index contributed by atoms with van der Waals surface area (Å²) < 4.78 is 0. The summed E-state index contributed by atoms with van der Waals surface area (Å²) in [6.07, 6.45) is 3.49. The Bertz CT molecular complexity index is 125. The van der Waals surface area contributed by atoms with Gasteiger partial charge in [-0.25, -0.2) is 0 Å². The molecule has 0 aliphatic heterocycles. The van der Waals surface area contributed by atoms with Gasteiger partial charge in [-0.3, -0.25) is 0 Å². The first-order valence-electron chi connectivity index (χ1n) is 8.79. The molecule has 0 amide bonds. The van der Waals surface area contributed by atoms with Crippen molar-refractivity contribution in [3.8, 4) is 0 Å². The lowest BCUT2D eigenvalue weighted by molar-refractivity contribution is 0.191. The molecule has 0 aromatic carbocycles. The van der Waals surface area contributed by atoms with E-state index in [-0.39, 0.29) is 12.2 Å². The highest BCUT2D eigenvalue weighted by Gasteiger charge is 1.82. The molecule has 0 saturated heterocycles. The Morgan fingerprint density at radius 3 is 0.957 bits per heavy atom. The standard InChI is InChI=1S/3C4H10O.2C3H8O/c1-4(2)3-5;1-3-4(2)5;1-2-3-4-5;1-3(2)4;1-2-3-4/h2*4-5H,3H2,1-2H3;5H,2-4H2,1H3;3-4H,1-2H3;4H,2-3H2,1H3. The van der Waals surface area contributed by atoms with Crippen molar-refractivity contribution in [1.29, 1.82) is 0 Å². The Labute approximate surface area is 145 Å². The second-order valence-electron chi connectivity index (χ2n) is 5.73. The summed E-state index contributed by atoms with van der Waals surface area (Å²) in [5, 5.41) is 40.5. The van der Waals surface area contributed by atoms with Crippen LogP contribution >= 0.6 is 0 Å². The van der Waals surface area contributed by atoms with Gasteiger partial charge in [0.2, 0.25) is 0 Å². The summed E-state index contributed by atoms with van der Waals surface area (Å²) in [5.74, 6) is 0.440. The Kier molecular flexibility index (Phi) is 56.2. The maximum absolute atomic E-state index is 8.36. The highest BCUT2D eigenvalue weighted by atomic mass is 16.3. The number of aliphatic hydroxyl groups is 5. The minimum Gasteiger partial charge on any atom is -0.396 e. The molecule has 23 heavy (non-hydrogen) atoms. The average Bonchev–Trinajstić information content (AvgIpc) is 2.48. The molecule has 0 radical (unpaired) electrons. The van der Waals surface area contributed by atoms with Gasteiger partial charge in [0, 0.05) is 25.9 Å². The predicted octanol–water partition coefficient (Wildman–Crippen LogP) is 2.97. The zero-order valence-electron chi connectivity index (χ0n) is 16.9. The van der Waals surface area contributed by atoms with Gasteiger partial charge in [-0.1, -0.05) is 41.0 Å². The molecule has 0 rings (SSSR count). The zero-order chi connectivity index (χ0) is 19.7. The van der Waals surface area contributed by atoms with E-state index in [1.165, 1.54) is 0 Å². The van der Waals surface area contributed by atoms with E-state index in [0.29, 0.717) is 25.7 Å². The first-order valence-corrected chi connectivity index (χ1v) is 8.79. The van der Waals surface area contributed by atoms with Crippen LogP contribution in [0.2, 0.25) is 0 Å². The van der Waals surface area contributed by atoms with E-state index >= 15 is 0 Å². The van der Waals surface area contributed by atoms with Crippen molar-refractivity contribution in [2.45, 2.75) is 93.3 Å². The molecule has 5 heteroatoms. The largest absolute Gasteiger partial charge is 0.396 e. The highest BCUT2D eigenvalue weighted by molar-refractivity contribution is 4.34. The Morgan fingerprint density at radius 2 is 0.957 bits per heavy atom. The van der Waals surface area contributed by atoms with E-state index in [1.807, 2.05) is 27.7 Å². The molecule has 1 atom stereocenters. The van der Waals surface area contributed by atoms with Crippen LogP contribution in [0.3, 0.4) is 0 Å². The smallest absolute Gasteiger partial charge is 0.0509 e. The number of hydrogen-bond donors (Lipinski definition) is 5. The van der Waals surface area contributed by atoms with Crippen molar-refractivity contribution in [1.82, 2.24) is 0 Å². The van der Waals surface area contributed by atoms with Gasteiger partial charge in [-0.15, -0.1) is 0 Å². The van der Waals surface area contributed by atoms with E-state index in [2.05, 4.69) is 6.92 Å². The average molecular weight is 343 g/mol. The maximum atomic E-state index is 8.36. The van der Waals surface area contributed by atoms with E-state index in [4.69, 9.17) is 25.5 Å². The molecule has 0 heterocycles. The summed E-state index contributed by atoms with van der Waals surface area (Å²) in [5.41, 5.74) is 0. The molecule has 5 N–H and O–H groups in total. The third-order valence-electron chi connectivity index (χ3n) is 1.69. The molecular formula is C18H46O5. The minimum absolute atomic E-state index is 0.116. The fourth-order valence-corrected chi connectivity index (χ4v) is 0.158. The monoisotopic (exact) mass is 342 g/mol. The van der Waals surface area contributed by atoms with Gasteiger partial charge in [0.05, 0.1) is 6.10 Å². The summed E-state index contributed by atoms with van der Waals surface area (Å²) >= 11 is 0. The van der Waals surface area contributed by atoms with Crippen LogP contribution in [0.1, 0.15) is 81.1 Å². The lowest BCUT2D eigenvalue weighted by atomic mass is 10.2. The van der Waals surface area contributed by atoms with Gasteiger partial charge in [-0.2, -0.15) is 0 Å². The van der Waals surface area contributed by atoms with Crippen molar-refractivity contribution < 1.29 is 25.5 Å². The molecule has 1 unspecified atom stereocenters. The third-order valence-corrected chi connectivity index (χ3v) is 1.69. The second kappa shape index (κ2) is 37.8. The van der Waals surface area contributed by atoms with Crippen LogP contribution in [0, 0.1) is 5.92 Å². The van der Waals surface area contributed by atoms with Crippen LogP contribution in [0.4, 0.5) is 0 Å². The topological polar surface area (TPSA) is 101 Å². The fraction of sp³-hybridized carbons (Fsp3) is 1.00. The molecular weight excluding hydrogens is 296 g/mol. The van der Waals surface area contributed by atoms with Crippen molar-refractivity contribution in [3.63, 3.8) is 0 Å². The fourth-order valence-electron chi connectivity index (χ4n) is 0.158. The van der Waals surface area contributed by atoms with Crippen molar-refractivity contribution in [2.75, 3.05) is 19.8 Å². The van der Waals surface area contributed by atoms with E-state index in [9.17, 15) is 0 Å². The summed E-state index contributed by atoms with van der Waals surface area (Å²) in [4.78, 5) is 0. The summed E-state index contributed by atoms with van der Waals surface area (Å²) in [7, 11) is 0. The maximum Gasteiger partial charge on any atom is 0.0509 e. The summed E-state index contributed by atoms with van der Waals surface area (Å²) in [6.45, 7) is 16.1. The normalized spacial score (nSPS) is 10.0. The molecule has 0 bridgehead atoms. The van der Waals surface area contributed by atoms with Gasteiger partial charge in [-0.05, 0) is 46.0 Å². The van der Waals surface area contributed by atoms with Gasteiger partial charge in [0.1, 0.15) is 0 Å². The van der Waals surface area contributed by atoms with Crippen LogP contribution in [-0.2, 0) is 0 Å². The van der Waals surface area contributed by atoms with Crippen LogP contribution in [-0.4, -0.2) is 57.6 Å².